The molecule has 0 spiro atoms. The van der Waals surface area contributed by atoms with Gasteiger partial charge in [0.1, 0.15) is 11.5 Å². The zero-order valence-corrected chi connectivity index (χ0v) is 10.5. The fourth-order valence-corrected chi connectivity index (χ4v) is 1.65. The lowest BCUT2D eigenvalue weighted by atomic mass is 10.1. The molecule has 0 aliphatic rings. The van der Waals surface area contributed by atoms with Crippen LogP contribution < -0.4 is 0 Å². The van der Waals surface area contributed by atoms with Gasteiger partial charge in [-0.2, -0.15) is 0 Å². The maximum absolute atomic E-state index is 5.84. The van der Waals surface area contributed by atoms with Crippen LogP contribution in [0.15, 0.2) is 47.0 Å². The molecule has 0 aliphatic carbocycles. The normalized spacial score (nSPS) is 10.5. The van der Waals surface area contributed by atoms with Crippen LogP contribution in [-0.2, 0) is 6.42 Å². The second-order valence-electron chi connectivity index (χ2n) is 4.14. The Bertz CT molecular complexity index is 513. The highest BCUT2D eigenvalue weighted by molar-refractivity contribution is 6.30. The second kappa shape index (κ2) is 5.19. The van der Waals surface area contributed by atoms with Gasteiger partial charge in [0.25, 0.3) is 0 Å². The molecule has 0 N–H and O–H groups in total. The average Bonchev–Trinajstić information content (AvgIpc) is 2.76. The molecule has 1 heterocycles. The Morgan fingerprint density at radius 2 is 2.06 bits per heavy atom. The summed E-state index contributed by atoms with van der Waals surface area (Å²) in [5, 5.41) is 4.77. The number of nitrogens with zero attached hydrogens (tertiary/aromatic N) is 1. The highest BCUT2D eigenvalue weighted by Gasteiger charge is 2.06. The smallest absolute Gasteiger partial charge is 0.137 e. The van der Waals surface area contributed by atoms with E-state index in [0.29, 0.717) is 0 Å². The second-order valence-corrected chi connectivity index (χ2v) is 4.58. The Balaban J connectivity index is 2.12. The van der Waals surface area contributed by atoms with Crippen LogP contribution in [0.25, 0.3) is 11.3 Å². The molecule has 2 aromatic rings. The first-order valence-corrected chi connectivity index (χ1v) is 5.89. The van der Waals surface area contributed by atoms with Gasteiger partial charge in [-0.1, -0.05) is 34.5 Å². The lowest BCUT2D eigenvalue weighted by molar-refractivity contribution is 0.385. The molecule has 0 amide bonds. The summed E-state index contributed by atoms with van der Waals surface area (Å²) in [6.45, 7) is 5.88. The number of hydrogen-bond acceptors (Lipinski definition) is 2. The lowest BCUT2D eigenvalue weighted by Crippen LogP contribution is -1.81. The van der Waals surface area contributed by atoms with Crippen molar-refractivity contribution in [2.45, 2.75) is 19.8 Å². The third-order valence-corrected chi connectivity index (χ3v) is 2.75. The van der Waals surface area contributed by atoms with Gasteiger partial charge in [-0.25, -0.2) is 0 Å². The molecule has 1 aromatic carbocycles. The Kier molecular flexibility index (Phi) is 3.64. The highest BCUT2D eigenvalue weighted by Crippen LogP contribution is 2.22. The standard InChI is InChI=1S/C14H14ClNO/c1-10(2)3-8-13-9-14(16-17-13)11-4-6-12(15)7-5-11/h4-7,9H,1,3,8H2,2H3. The molecule has 88 valence electrons. The van der Waals surface area contributed by atoms with E-state index >= 15 is 0 Å². The van der Waals surface area contributed by atoms with E-state index in [0.717, 1.165) is 40.5 Å². The van der Waals surface area contributed by atoms with Crippen molar-refractivity contribution in [3.8, 4) is 11.3 Å². The van der Waals surface area contributed by atoms with Crippen LogP contribution in [0.1, 0.15) is 19.1 Å². The van der Waals surface area contributed by atoms with Gasteiger partial charge >= 0.3 is 0 Å². The molecule has 17 heavy (non-hydrogen) atoms. The molecule has 0 radical (unpaired) electrons. The average molecular weight is 248 g/mol. The predicted octanol–water partition coefficient (Wildman–Crippen LogP) is 4.50. The van der Waals surface area contributed by atoms with Crippen LogP contribution in [0.2, 0.25) is 5.02 Å². The van der Waals surface area contributed by atoms with E-state index in [1.54, 1.807) is 0 Å². The summed E-state index contributed by atoms with van der Waals surface area (Å²) in [5.74, 6) is 0.887. The minimum atomic E-state index is 0.722. The van der Waals surface area contributed by atoms with Crippen LogP contribution in [0.4, 0.5) is 0 Å². The van der Waals surface area contributed by atoms with Gasteiger partial charge in [0.2, 0.25) is 0 Å². The van der Waals surface area contributed by atoms with Gasteiger partial charge in [-0.15, -0.1) is 6.58 Å². The molecule has 0 saturated carbocycles. The first kappa shape index (κ1) is 11.9. The predicted molar refractivity (Wildman–Crippen MR) is 70.1 cm³/mol. The van der Waals surface area contributed by atoms with E-state index in [9.17, 15) is 0 Å². The molecule has 2 rings (SSSR count). The summed E-state index contributed by atoms with van der Waals surface area (Å²) < 4.78 is 5.28. The molecule has 0 aliphatic heterocycles. The number of aryl methyl sites for hydroxylation is 1. The van der Waals surface area contributed by atoms with Gasteiger partial charge in [-0.3, -0.25) is 0 Å². The Morgan fingerprint density at radius 3 is 2.71 bits per heavy atom. The molecule has 0 bridgehead atoms. The van der Waals surface area contributed by atoms with Crippen molar-refractivity contribution in [1.29, 1.82) is 0 Å². The van der Waals surface area contributed by atoms with Gasteiger partial charge < -0.3 is 4.52 Å². The van der Waals surface area contributed by atoms with Crippen LogP contribution in [0, 0.1) is 0 Å². The summed E-state index contributed by atoms with van der Waals surface area (Å²) in [5.41, 5.74) is 3.01. The van der Waals surface area contributed by atoms with E-state index in [1.165, 1.54) is 0 Å². The molecule has 0 atom stereocenters. The van der Waals surface area contributed by atoms with Crippen molar-refractivity contribution < 1.29 is 4.52 Å². The van der Waals surface area contributed by atoms with E-state index in [-0.39, 0.29) is 0 Å². The fraction of sp³-hybridized carbons (Fsp3) is 0.214. The molecule has 3 heteroatoms. The van der Waals surface area contributed by atoms with Gasteiger partial charge in [0, 0.05) is 23.1 Å². The van der Waals surface area contributed by atoms with Crippen molar-refractivity contribution >= 4 is 11.6 Å². The minimum Gasteiger partial charge on any atom is -0.361 e. The zero-order valence-electron chi connectivity index (χ0n) is 9.74. The molecule has 0 fully saturated rings. The fourth-order valence-electron chi connectivity index (χ4n) is 1.52. The van der Waals surface area contributed by atoms with Crippen LogP contribution in [0.3, 0.4) is 0 Å². The largest absolute Gasteiger partial charge is 0.361 e. The molecular formula is C14H14ClNO. The third kappa shape index (κ3) is 3.21. The number of allylic oxidation sites excluding steroid dienone is 1. The van der Waals surface area contributed by atoms with Crippen molar-refractivity contribution in [1.82, 2.24) is 5.16 Å². The highest BCUT2D eigenvalue weighted by atomic mass is 35.5. The number of rotatable bonds is 4. The van der Waals surface area contributed by atoms with E-state index < -0.39 is 0 Å². The first-order valence-electron chi connectivity index (χ1n) is 5.51. The van der Waals surface area contributed by atoms with Crippen molar-refractivity contribution in [3.05, 3.63) is 53.3 Å². The SMILES string of the molecule is C=C(C)CCc1cc(-c2ccc(Cl)cc2)no1. The maximum atomic E-state index is 5.84. The van der Waals surface area contributed by atoms with Gasteiger partial charge in [-0.05, 0) is 25.5 Å². The minimum absolute atomic E-state index is 0.722. The summed E-state index contributed by atoms with van der Waals surface area (Å²) in [6, 6.07) is 9.52. The quantitative estimate of drug-likeness (QED) is 0.744. The van der Waals surface area contributed by atoms with Crippen LogP contribution >= 0.6 is 11.6 Å². The summed E-state index contributed by atoms with van der Waals surface area (Å²) in [6.07, 6.45) is 1.77. The Labute approximate surface area is 106 Å². The van der Waals surface area contributed by atoms with Crippen LogP contribution in [0.5, 0.6) is 0 Å². The summed E-state index contributed by atoms with van der Waals surface area (Å²) >= 11 is 5.84. The molecule has 0 unspecified atom stereocenters. The number of aromatic nitrogens is 1. The Morgan fingerprint density at radius 1 is 1.35 bits per heavy atom. The first-order chi connectivity index (χ1) is 8.15. The van der Waals surface area contributed by atoms with Crippen molar-refractivity contribution in [2.75, 3.05) is 0 Å². The number of halogens is 1. The van der Waals surface area contributed by atoms with Gasteiger partial charge in [0.15, 0.2) is 0 Å². The summed E-state index contributed by atoms with van der Waals surface area (Å²) in [7, 11) is 0. The molecule has 1 aromatic heterocycles. The Hall–Kier alpha value is -1.54. The van der Waals surface area contributed by atoms with E-state index in [1.807, 2.05) is 37.3 Å². The van der Waals surface area contributed by atoms with Crippen molar-refractivity contribution in [2.24, 2.45) is 0 Å². The maximum Gasteiger partial charge on any atom is 0.137 e. The monoisotopic (exact) mass is 247 g/mol. The summed E-state index contributed by atoms with van der Waals surface area (Å²) in [4.78, 5) is 0. The lowest BCUT2D eigenvalue weighted by Gasteiger charge is -1.94. The topological polar surface area (TPSA) is 26.0 Å². The van der Waals surface area contributed by atoms with E-state index in [4.69, 9.17) is 16.1 Å². The zero-order chi connectivity index (χ0) is 12.3. The van der Waals surface area contributed by atoms with Crippen LogP contribution in [-0.4, -0.2) is 5.16 Å². The molecule has 2 nitrogen and oxygen atoms in total. The molecular weight excluding hydrogens is 234 g/mol. The number of hydrogen-bond donors (Lipinski definition) is 0. The molecule has 0 saturated heterocycles. The number of benzene rings is 1. The van der Waals surface area contributed by atoms with Gasteiger partial charge in [0.05, 0.1) is 0 Å². The van der Waals surface area contributed by atoms with Crippen molar-refractivity contribution in [3.63, 3.8) is 0 Å². The third-order valence-electron chi connectivity index (χ3n) is 2.50. The van der Waals surface area contributed by atoms with E-state index in [2.05, 4.69) is 11.7 Å².